The Kier molecular flexibility index (Phi) is 3.21. The van der Waals surface area contributed by atoms with Gasteiger partial charge in [-0.05, 0) is 37.3 Å². The van der Waals surface area contributed by atoms with Gasteiger partial charge in [0.2, 0.25) is 0 Å². The van der Waals surface area contributed by atoms with E-state index in [9.17, 15) is 0 Å². The molecule has 0 saturated carbocycles. The van der Waals surface area contributed by atoms with Crippen LogP contribution in [0.25, 0.3) is 0 Å². The first kappa shape index (κ1) is 11.2. The Labute approximate surface area is 106 Å². The van der Waals surface area contributed by atoms with E-state index < -0.39 is 0 Å². The molecule has 2 heterocycles. The van der Waals surface area contributed by atoms with E-state index in [0.717, 1.165) is 37.4 Å². The highest BCUT2D eigenvalue weighted by atomic mass is 15.2. The number of aryl methyl sites for hydroxylation is 3. The van der Waals surface area contributed by atoms with E-state index in [4.69, 9.17) is 0 Å². The van der Waals surface area contributed by atoms with E-state index in [-0.39, 0.29) is 0 Å². The van der Waals surface area contributed by atoms with Gasteiger partial charge in [0.15, 0.2) is 0 Å². The standard InChI is InChI=1S/C13H17N5/c1-3-10-6-7-12(17-11(10)4-1)14-8-2-5-13-15-9-16-18-13/h6-7,9H,1-5,8H2,(H,14,17)(H,15,16,18). The Morgan fingerprint density at radius 2 is 2.28 bits per heavy atom. The minimum absolute atomic E-state index is 0.909. The van der Waals surface area contributed by atoms with Crippen LogP contribution in [0, 0.1) is 0 Å². The maximum atomic E-state index is 4.64. The second-order valence-electron chi connectivity index (χ2n) is 4.62. The van der Waals surface area contributed by atoms with Gasteiger partial charge in [-0.3, -0.25) is 5.10 Å². The Bertz CT molecular complexity index is 506. The monoisotopic (exact) mass is 243 g/mol. The molecule has 0 saturated heterocycles. The summed E-state index contributed by atoms with van der Waals surface area (Å²) in [6.45, 7) is 0.909. The molecular formula is C13H17N5. The van der Waals surface area contributed by atoms with Crippen molar-refractivity contribution in [1.29, 1.82) is 0 Å². The van der Waals surface area contributed by atoms with Crippen molar-refractivity contribution in [2.24, 2.45) is 0 Å². The second kappa shape index (κ2) is 5.16. The van der Waals surface area contributed by atoms with Gasteiger partial charge in [-0.25, -0.2) is 9.97 Å². The molecule has 18 heavy (non-hydrogen) atoms. The smallest absolute Gasteiger partial charge is 0.137 e. The molecule has 0 fully saturated rings. The molecule has 0 amide bonds. The molecule has 1 aliphatic rings. The van der Waals surface area contributed by atoms with Crippen LogP contribution in [0.4, 0.5) is 5.82 Å². The summed E-state index contributed by atoms with van der Waals surface area (Å²) in [7, 11) is 0. The van der Waals surface area contributed by atoms with Gasteiger partial charge in [-0.1, -0.05) is 6.07 Å². The minimum Gasteiger partial charge on any atom is -0.370 e. The van der Waals surface area contributed by atoms with Crippen LogP contribution in [0.15, 0.2) is 18.5 Å². The summed E-state index contributed by atoms with van der Waals surface area (Å²) in [4.78, 5) is 8.74. The summed E-state index contributed by atoms with van der Waals surface area (Å²) >= 11 is 0. The highest BCUT2D eigenvalue weighted by Gasteiger charge is 2.11. The summed E-state index contributed by atoms with van der Waals surface area (Å²) in [5.41, 5.74) is 2.69. The zero-order valence-electron chi connectivity index (χ0n) is 10.3. The molecule has 2 N–H and O–H groups in total. The van der Waals surface area contributed by atoms with E-state index in [1.54, 1.807) is 6.33 Å². The van der Waals surface area contributed by atoms with Crippen LogP contribution < -0.4 is 5.32 Å². The fourth-order valence-corrected chi connectivity index (χ4v) is 2.34. The van der Waals surface area contributed by atoms with Gasteiger partial charge in [0.25, 0.3) is 0 Å². The fraction of sp³-hybridized carbons (Fsp3) is 0.462. The zero-order valence-corrected chi connectivity index (χ0v) is 10.3. The molecular weight excluding hydrogens is 226 g/mol. The van der Waals surface area contributed by atoms with Crippen molar-refractivity contribution in [3.05, 3.63) is 35.5 Å². The van der Waals surface area contributed by atoms with Crippen LogP contribution in [-0.4, -0.2) is 26.7 Å². The Morgan fingerprint density at radius 3 is 3.17 bits per heavy atom. The Hall–Kier alpha value is -1.91. The number of H-pyrrole nitrogens is 1. The minimum atomic E-state index is 0.909. The van der Waals surface area contributed by atoms with Gasteiger partial charge in [-0.15, -0.1) is 0 Å². The van der Waals surface area contributed by atoms with Crippen molar-refractivity contribution < 1.29 is 0 Å². The molecule has 2 aromatic heterocycles. The van der Waals surface area contributed by atoms with E-state index in [1.165, 1.54) is 24.1 Å². The lowest BCUT2D eigenvalue weighted by Crippen LogP contribution is -2.06. The number of fused-ring (bicyclic) bond motifs is 1. The van der Waals surface area contributed by atoms with Crippen LogP contribution >= 0.6 is 0 Å². The summed E-state index contributed by atoms with van der Waals surface area (Å²) in [6, 6.07) is 4.28. The summed E-state index contributed by atoms with van der Waals surface area (Å²) in [5, 5.41) is 10.1. The van der Waals surface area contributed by atoms with Crippen molar-refractivity contribution in [3.63, 3.8) is 0 Å². The first-order valence-corrected chi connectivity index (χ1v) is 6.49. The Balaban J connectivity index is 1.48. The molecule has 5 nitrogen and oxygen atoms in total. The third-order valence-corrected chi connectivity index (χ3v) is 3.29. The van der Waals surface area contributed by atoms with Gasteiger partial charge >= 0.3 is 0 Å². The van der Waals surface area contributed by atoms with Crippen molar-refractivity contribution in [2.75, 3.05) is 11.9 Å². The quantitative estimate of drug-likeness (QED) is 0.785. The van der Waals surface area contributed by atoms with Crippen LogP contribution in [-0.2, 0) is 19.3 Å². The SMILES string of the molecule is c1n[nH]c(CCCNc2ccc3c(n2)CCC3)n1. The number of nitrogens with zero attached hydrogens (tertiary/aromatic N) is 3. The lowest BCUT2D eigenvalue weighted by Gasteiger charge is -2.06. The second-order valence-corrected chi connectivity index (χ2v) is 4.62. The van der Waals surface area contributed by atoms with Crippen molar-refractivity contribution >= 4 is 5.82 Å². The lowest BCUT2D eigenvalue weighted by molar-refractivity contribution is 0.802. The van der Waals surface area contributed by atoms with E-state index in [0.29, 0.717) is 0 Å². The summed E-state index contributed by atoms with van der Waals surface area (Å²) in [6.07, 6.45) is 7.05. The molecule has 0 radical (unpaired) electrons. The van der Waals surface area contributed by atoms with Gasteiger partial charge in [0.1, 0.15) is 18.0 Å². The van der Waals surface area contributed by atoms with Crippen LogP contribution in [0.3, 0.4) is 0 Å². The average molecular weight is 243 g/mol. The molecule has 5 heteroatoms. The summed E-state index contributed by atoms with van der Waals surface area (Å²) < 4.78 is 0. The molecule has 0 aromatic carbocycles. The normalized spacial score (nSPS) is 13.6. The van der Waals surface area contributed by atoms with Crippen molar-refractivity contribution in [3.8, 4) is 0 Å². The number of hydrogen-bond donors (Lipinski definition) is 2. The number of aromatic amines is 1. The number of rotatable bonds is 5. The van der Waals surface area contributed by atoms with Crippen LogP contribution in [0.2, 0.25) is 0 Å². The maximum absolute atomic E-state index is 4.64. The number of pyridine rings is 1. The fourth-order valence-electron chi connectivity index (χ4n) is 2.34. The number of hydrogen-bond acceptors (Lipinski definition) is 4. The summed E-state index contributed by atoms with van der Waals surface area (Å²) in [5.74, 6) is 1.94. The highest BCUT2D eigenvalue weighted by Crippen LogP contribution is 2.21. The molecule has 1 aliphatic carbocycles. The number of aromatic nitrogens is 4. The largest absolute Gasteiger partial charge is 0.370 e. The molecule has 0 atom stereocenters. The van der Waals surface area contributed by atoms with Gasteiger partial charge in [-0.2, -0.15) is 5.10 Å². The molecule has 94 valence electrons. The molecule has 0 aliphatic heterocycles. The van der Waals surface area contributed by atoms with Gasteiger partial charge in [0.05, 0.1) is 0 Å². The predicted octanol–water partition coefficient (Wildman–Crippen LogP) is 1.73. The topological polar surface area (TPSA) is 66.5 Å². The molecule has 0 unspecified atom stereocenters. The zero-order chi connectivity index (χ0) is 12.2. The first-order valence-electron chi connectivity index (χ1n) is 6.49. The average Bonchev–Trinajstić information content (AvgIpc) is 3.05. The maximum Gasteiger partial charge on any atom is 0.137 e. The molecule has 2 aromatic rings. The highest BCUT2D eigenvalue weighted by molar-refractivity contribution is 5.40. The Morgan fingerprint density at radius 1 is 1.28 bits per heavy atom. The number of nitrogens with one attached hydrogen (secondary N) is 2. The number of anilines is 1. The molecule has 0 spiro atoms. The van der Waals surface area contributed by atoms with Crippen molar-refractivity contribution in [1.82, 2.24) is 20.2 Å². The predicted molar refractivity (Wildman–Crippen MR) is 69.5 cm³/mol. The van der Waals surface area contributed by atoms with E-state index in [1.807, 2.05) is 0 Å². The van der Waals surface area contributed by atoms with Crippen LogP contribution in [0.5, 0.6) is 0 Å². The van der Waals surface area contributed by atoms with E-state index >= 15 is 0 Å². The third kappa shape index (κ3) is 2.50. The lowest BCUT2D eigenvalue weighted by atomic mass is 10.2. The molecule has 0 bridgehead atoms. The molecule has 3 rings (SSSR count). The van der Waals surface area contributed by atoms with Crippen LogP contribution in [0.1, 0.15) is 29.9 Å². The van der Waals surface area contributed by atoms with Gasteiger partial charge < -0.3 is 5.32 Å². The first-order chi connectivity index (χ1) is 8.92. The third-order valence-electron chi connectivity index (χ3n) is 3.29. The van der Waals surface area contributed by atoms with Gasteiger partial charge in [0, 0.05) is 18.7 Å². The van der Waals surface area contributed by atoms with Crippen molar-refractivity contribution in [2.45, 2.75) is 32.1 Å². The van der Waals surface area contributed by atoms with E-state index in [2.05, 4.69) is 37.6 Å².